The lowest BCUT2D eigenvalue weighted by Gasteiger charge is -1.92. The molecule has 0 aromatic rings. The molecular formula is C6H10N2. The molecule has 0 aliphatic heterocycles. The van der Waals surface area contributed by atoms with Crippen LogP contribution in [0.3, 0.4) is 0 Å². The summed E-state index contributed by atoms with van der Waals surface area (Å²) < 4.78 is 0. The summed E-state index contributed by atoms with van der Waals surface area (Å²) in [6, 6.07) is 0. The van der Waals surface area contributed by atoms with Crippen LogP contribution in [0.1, 0.15) is 6.92 Å². The third-order valence-electron chi connectivity index (χ3n) is 0.723. The molecule has 0 aromatic carbocycles. The minimum atomic E-state index is 0.583. The van der Waals surface area contributed by atoms with Crippen molar-refractivity contribution in [3.63, 3.8) is 0 Å². The van der Waals surface area contributed by atoms with Gasteiger partial charge in [0.1, 0.15) is 0 Å². The van der Waals surface area contributed by atoms with Gasteiger partial charge in [-0.3, -0.25) is 4.99 Å². The van der Waals surface area contributed by atoms with E-state index in [-0.39, 0.29) is 0 Å². The van der Waals surface area contributed by atoms with Crippen LogP contribution in [-0.2, 0) is 0 Å². The zero-order chi connectivity index (χ0) is 6.57. The minimum Gasteiger partial charge on any atom is -0.397 e. The van der Waals surface area contributed by atoms with Gasteiger partial charge in [0.25, 0.3) is 0 Å². The van der Waals surface area contributed by atoms with Crippen LogP contribution in [-0.4, -0.2) is 6.72 Å². The smallest absolute Gasteiger partial charge is 0.0523 e. The Kier molecular flexibility index (Phi) is 2.62. The molecule has 0 unspecified atom stereocenters. The van der Waals surface area contributed by atoms with Gasteiger partial charge in [-0.05, 0) is 19.2 Å². The van der Waals surface area contributed by atoms with Crippen LogP contribution >= 0.6 is 0 Å². The third-order valence-corrected chi connectivity index (χ3v) is 0.723. The quantitative estimate of drug-likeness (QED) is 0.419. The second-order valence-corrected chi connectivity index (χ2v) is 1.55. The topological polar surface area (TPSA) is 38.4 Å². The van der Waals surface area contributed by atoms with Gasteiger partial charge in [-0.1, -0.05) is 6.58 Å². The lowest BCUT2D eigenvalue weighted by molar-refractivity contribution is 1.27. The molecule has 0 aliphatic rings. The van der Waals surface area contributed by atoms with E-state index in [1.165, 1.54) is 6.20 Å². The van der Waals surface area contributed by atoms with Gasteiger partial charge in [-0.25, -0.2) is 0 Å². The van der Waals surface area contributed by atoms with Gasteiger partial charge in [-0.15, -0.1) is 0 Å². The molecule has 0 bridgehead atoms. The second kappa shape index (κ2) is 3.02. The van der Waals surface area contributed by atoms with Crippen molar-refractivity contribution in [1.29, 1.82) is 0 Å². The molecule has 0 spiro atoms. The van der Waals surface area contributed by atoms with Crippen LogP contribution in [0.2, 0.25) is 0 Å². The zero-order valence-corrected chi connectivity index (χ0v) is 5.02. The molecule has 0 aromatic heterocycles. The Hall–Kier alpha value is -1.05. The first-order valence-electron chi connectivity index (χ1n) is 2.26. The van der Waals surface area contributed by atoms with Crippen molar-refractivity contribution in [2.24, 2.45) is 10.7 Å². The average molecular weight is 110 g/mol. The molecular weight excluding hydrogens is 100 g/mol. The van der Waals surface area contributed by atoms with Crippen LogP contribution in [0.25, 0.3) is 0 Å². The maximum atomic E-state index is 5.35. The molecule has 2 heteroatoms. The van der Waals surface area contributed by atoms with Gasteiger partial charge in [0.2, 0.25) is 0 Å². The van der Waals surface area contributed by atoms with Crippen molar-refractivity contribution in [2.45, 2.75) is 6.92 Å². The molecule has 0 saturated carbocycles. The van der Waals surface area contributed by atoms with Crippen molar-refractivity contribution in [3.8, 4) is 0 Å². The maximum absolute atomic E-state index is 5.35. The summed E-state index contributed by atoms with van der Waals surface area (Å²) >= 11 is 0. The lowest BCUT2D eigenvalue weighted by atomic mass is 10.3. The van der Waals surface area contributed by atoms with Gasteiger partial charge in [-0.2, -0.15) is 0 Å². The van der Waals surface area contributed by atoms with Crippen LogP contribution < -0.4 is 5.73 Å². The Morgan fingerprint density at radius 1 is 1.75 bits per heavy atom. The highest BCUT2D eigenvalue weighted by Crippen LogP contribution is 1.96. The molecule has 0 radical (unpaired) electrons. The predicted molar refractivity (Wildman–Crippen MR) is 36.6 cm³/mol. The van der Waals surface area contributed by atoms with Crippen molar-refractivity contribution < 1.29 is 0 Å². The number of hydrogen-bond acceptors (Lipinski definition) is 2. The summed E-state index contributed by atoms with van der Waals surface area (Å²) in [6.07, 6.45) is 1.47. The molecule has 0 aliphatic carbocycles. The number of nitrogens with two attached hydrogens (primary N) is 1. The molecule has 2 N–H and O–H groups in total. The monoisotopic (exact) mass is 110 g/mol. The summed E-state index contributed by atoms with van der Waals surface area (Å²) in [7, 11) is 0. The number of nitrogens with zero attached hydrogens (tertiary/aromatic N) is 1. The number of allylic oxidation sites excluding steroid dienone is 1. The van der Waals surface area contributed by atoms with Gasteiger partial charge in [0.15, 0.2) is 0 Å². The number of aliphatic imine (C=N–C) groups is 1. The minimum absolute atomic E-state index is 0.583. The average Bonchev–Trinajstić information content (AvgIpc) is 1.67. The van der Waals surface area contributed by atoms with Crippen molar-refractivity contribution in [2.75, 3.05) is 0 Å². The van der Waals surface area contributed by atoms with E-state index in [1.807, 2.05) is 6.92 Å². The highest BCUT2D eigenvalue weighted by molar-refractivity contribution is 5.30. The Labute approximate surface area is 49.4 Å². The molecule has 2 nitrogen and oxygen atoms in total. The highest BCUT2D eigenvalue weighted by Gasteiger charge is 1.84. The fraction of sp³-hybridized carbons (Fsp3) is 0.167. The molecule has 0 saturated heterocycles. The van der Waals surface area contributed by atoms with E-state index in [9.17, 15) is 0 Å². The SMILES string of the molecule is C=N/C=C(/N)C(=C)C. The first kappa shape index (κ1) is 6.95. The normalized spacial score (nSPS) is 10.9. The molecule has 0 rings (SSSR count). The van der Waals surface area contributed by atoms with Gasteiger partial charge in [0.05, 0.1) is 5.70 Å². The maximum Gasteiger partial charge on any atom is 0.0523 e. The zero-order valence-electron chi connectivity index (χ0n) is 5.02. The first-order valence-corrected chi connectivity index (χ1v) is 2.26. The summed E-state index contributed by atoms with van der Waals surface area (Å²) in [4.78, 5) is 3.46. The van der Waals surface area contributed by atoms with Crippen molar-refractivity contribution in [3.05, 3.63) is 24.0 Å². The first-order chi connectivity index (χ1) is 3.68. The third kappa shape index (κ3) is 2.18. The Morgan fingerprint density at radius 3 is 2.38 bits per heavy atom. The number of hydrogen-bond donors (Lipinski definition) is 1. The fourth-order valence-electron chi connectivity index (χ4n) is 0.209. The Morgan fingerprint density at radius 2 is 2.25 bits per heavy atom. The van der Waals surface area contributed by atoms with E-state index in [0.29, 0.717) is 5.70 Å². The summed E-state index contributed by atoms with van der Waals surface area (Å²) in [5, 5.41) is 0. The summed E-state index contributed by atoms with van der Waals surface area (Å²) in [6.45, 7) is 8.64. The molecule has 0 amide bonds. The van der Waals surface area contributed by atoms with Crippen LogP contribution in [0, 0.1) is 0 Å². The van der Waals surface area contributed by atoms with E-state index in [2.05, 4.69) is 18.3 Å². The molecule has 44 valence electrons. The van der Waals surface area contributed by atoms with Crippen LogP contribution in [0.5, 0.6) is 0 Å². The Balaban J connectivity index is 3.99. The predicted octanol–water partition coefficient (Wildman–Crippen LogP) is 1.06. The van der Waals surface area contributed by atoms with Crippen molar-refractivity contribution in [1.82, 2.24) is 0 Å². The van der Waals surface area contributed by atoms with Gasteiger partial charge >= 0.3 is 0 Å². The van der Waals surface area contributed by atoms with Gasteiger partial charge in [0, 0.05) is 6.20 Å². The van der Waals surface area contributed by atoms with E-state index in [4.69, 9.17) is 5.73 Å². The summed E-state index contributed by atoms with van der Waals surface area (Å²) in [5.74, 6) is 0. The fourth-order valence-corrected chi connectivity index (χ4v) is 0.209. The summed E-state index contributed by atoms with van der Waals surface area (Å²) in [5.41, 5.74) is 6.76. The van der Waals surface area contributed by atoms with Gasteiger partial charge < -0.3 is 5.73 Å². The van der Waals surface area contributed by atoms with E-state index >= 15 is 0 Å². The van der Waals surface area contributed by atoms with E-state index in [0.717, 1.165) is 5.57 Å². The Bertz CT molecular complexity index is 133. The molecule has 0 heterocycles. The number of rotatable bonds is 2. The molecule has 0 fully saturated rings. The van der Waals surface area contributed by atoms with E-state index < -0.39 is 0 Å². The largest absolute Gasteiger partial charge is 0.397 e. The second-order valence-electron chi connectivity index (χ2n) is 1.55. The molecule has 0 atom stereocenters. The van der Waals surface area contributed by atoms with E-state index in [1.54, 1.807) is 0 Å². The standard InChI is InChI=1S/C6H10N2/c1-5(2)6(7)4-8-3/h4H,1,3,7H2,2H3/b6-4+. The van der Waals surface area contributed by atoms with Crippen LogP contribution in [0.15, 0.2) is 29.0 Å². The highest BCUT2D eigenvalue weighted by atomic mass is 14.7. The van der Waals surface area contributed by atoms with Crippen molar-refractivity contribution >= 4 is 6.72 Å². The lowest BCUT2D eigenvalue weighted by Crippen LogP contribution is -1.95. The molecule has 8 heavy (non-hydrogen) atoms. The van der Waals surface area contributed by atoms with Crippen LogP contribution in [0.4, 0.5) is 0 Å².